The van der Waals surface area contributed by atoms with Gasteiger partial charge in [0, 0.05) is 25.3 Å². The minimum absolute atomic E-state index is 0.0358. The molecular weight excluding hydrogens is 411 g/mol. The van der Waals surface area contributed by atoms with Crippen LogP contribution in [0.5, 0.6) is 6.01 Å². The topological polar surface area (TPSA) is 124 Å². The summed E-state index contributed by atoms with van der Waals surface area (Å²) < 4.78 is 42.3. The molecule has 0 amide bonds. The highest BCUT2D eigenvalue weighted by atomic mass is 19.4. The predicted octanol–water partition coefficient (Wildman–Crippen LogP) is 3.09. The van der Waals surface area contributed by atoms with Crippen molar-refractivity contribution < 1.29 is 17.9 Å². The van der Waals surface area contributed by atoms with E-state index in [1.807, 2.05) is 36.4 Å². The number of nitrogens with two attached hydrogens (primary N) is 2. The SMILES string of the molecule is NCc1ccc(CNc2nc(Nc3ccc(CN)cc3)nc(OCC(F)(F)F)n2)cc1. The quantitative estimate of drug-likeness (QED) is 0.406. The largest absolute Gasteiger partial charge is 0.454 e. The maximum atomic E-state index is 12.5. The summed E-state index contributed by atoms with van der Waals surface area (Å²) in [5.41, 5.74) is 14.6. The number of aromatic nitrogens is 3. The van der Waals surface area contributed by atoms with Gasteiger partial charge in [0.25, 0.3) is 0 Å². The van der Waals surface area contributed by atoms with E-state index in [2.05, 4.69) is 25.6 Å². The fourth-order valence-corrected chi connectivity index (χ4v) is 2.53. The molecule has 164 valence electrons. The van der Waals surface area contributed by atoms with Crippen molar-refractivity contribution in [2.24, 2.45) is 11.5 Å². The van der Waals surface area contributed by atoms with Gasteiger partial charge in [0.2, 0.25) is 11.9 Å². The molecule has 0 atom stereocenters. The third kappa shape index (κ3) is 7.08. The molecule has 0 unspecified atom stereocenters. The van der Waals surface area contributed by atoms with Crippen molar-refractivity contribution in [3.8, 4) is 6.01 Å². The Bertz CT molecular complexity index is 980. The molecule has 0 radical (unpaired) electrons. The molecule has 31 heavy (non-hydrogen) atoms. The Morgan fingerprint density at radius 2 is 1.32 bits per heavy atom. The second kappa shape index (κ2) is 10.0. The van der Waals surface area contributed by atoms with Crippen molar-refractivity contribution in [2.75, 3.05) is 17.2 Å². The molecule has 0 aliphatic carbocycles. The Morgan fingerprint density at radius 1 is 0.774 bits per heavy atom. The lowest BCUT2D eigenvalue weighted by atomic mass is 10.1. The average molecular weight is 433 g/mol. The van der Waals surface area contributed by atoms with Gasteiger partial charge in [-0.15, -0.1) is 0 Å². The highest BCUT2D eigenvalue weighted by Crippen LogP contribution is 2.20. The highest BCUT2D eigenvalue weighted by molar-refractivity contribution is 5.54. The molecule has 0 aliphatic heterocycles. The van der Waals surface area contributed by atoms with Crippen LogP contribution >= 0.6 is 0 Å². The first-order valence-corrected chi connectivity index (χ1v) is 9.38. The standard InChI is InChI=1S/C20H22F3N7O/c21-20(22,23)12-31-19-29-17(26-11-15-3-1-13(9-24)2-4-15)28-18(30-19)27-16-7-5-14(10-25)6-8-16/h1-8H,9-12,24-25H2,(H2,26,27,28,29,30). The average Bonchev–Trinajstić information content (AvgIpc) is 2.76. The van der Waals surface area contributed by atoms with Gasteiger partial charge in [-0.3, -0.25) is 0 Å². The fourth-order valence-electron chi connectivity index (χ4n) is 2.53. The van der Waals surface area contributed by atoms with E-state index >= 15 is 0 Å². The van der Waals surface area contributed by atoms with Crippen LogP contribution in [-0.2, 0) is 19.6 Å². The van der Waals surface area contributed by atoms with Crippen LogP contribution in [0.25, 0.3) is 0 Å². The minimum atomic E-state index is -4.52. The van der Waals surface area contributed by atoms with Gasteiger partial charge in [0.1, 0.15) is 0 Å². The molecule has 2 aromatic carbocycles. The number of benzene rings is 2. The van der Waals surface area contributed by atoms with Crippen LogP contribution in [0, 0.1) is 0 Å². The minimum Gasteiger partial charge on any atom is -0.454 e. The van der Waals surface area contributed by atoms with E-state index < -0.39 is 18.8 Å². The van der Waals surface area contributed by atoms with Gasteiger partial charge in [0.05, 0.1) is 0 Å². The molecule has 6 N–H and O–H groups in total. The zero-order valence-electron chi connectivity index (χ0n) is 16.5. The van der Waals surface area contributed by atoms with E-state index in [-0.39, 0.29) is 11.9 Å². The van der Waals surface area contributed by atoms with Crippen LogP contribution in [0.3, 0.4) is 0 Å². The monoisotopic (exact) mass is 433 g/mol. The van der Waals surface area contributed by atoms with E-state index in [0.29, 0.717) is 25.3 Å². The molecule has 3 rings (SSSR count). The van der Waals surface area contributed by atoms with Crippen LogP contribution in [0.4, 0.5) is 30.8 Å². The second-order valence-electron chi connectivity index (χ2n) is 6.57. The van der Waals surface area contributed by atoms with Gasteiger partial charge < -0.3 is 26.8 Å². The summed E-state index contributed by atoms with van der Waals surface area (Å²) in [5, 5.41) is 5.90. The molecule has 3 aromatic rings. The van der Waals surface area contributed by atoms with Crippen LogP contribution in [0.15, 0.2) is 48.5 Å². The number of ether oxygens (including phenoxy) is 1. The van der Waals surface area contributed by atoms with Gasteiger partial charge in [-0.1, -0.05) is 36.4 Å². The Labute approximate surface area is 176 Å². The van der Waals surface area contributed by atoms with Gasteiger partial charge >= 0.3 is 12.2 Å². The number of nitrogens with one attached hydrogen (secondary N) is 2. The van der Waals surface area contributed by atoms with Gasteiger partial charge in [0.15, 0.2) is 6.61 Å². The molecule has 1 heterocycles. The summed E-state index contributed by atoms with van der Waals surface area (Å²) in [6, 6.07) is 14.2. The van der Waals surface area contributed by atoms with Crippen molar-refractivity contribution >= 4 is 17.6 Å². The van der Waals surface area contributed by atoms with E-state index in [1.165, 1.54) is 0 Å². The lowest BCUT2D eigenvalue weighted by Gasteiger charge is -2.12. The first-order chi connectivity index (χ1) is 14.8. The van der Waals surface area contributed by atoms with Gasteiger partial charge in [-0.2, -0.15) is 28.1 Å². The molecule has 11 heteroatoms. The van der Waals surface area contributed by atoms with E-state index in [4.69, 9.17) is 16.2 Å². The number of alkyl halides is 3. The molecule has 0 saturated carbocycles. The zero-order chi connectivity index (χ0) is 22.3. The van der Waals surface area contributed by atoms with Crippen LogP contribution in [0.1, 0.15) is 16.7 Å². The van der Waals surface area contributed by atoms with Crippen molar-refractivity contribution in [3.05, 3.63) is 65.2 Å². The van der Waals surface area contributed by atoms with Crippen molar-refractivity contribution in [1.29, 1.82) is 0 Å². The first-order valence-electron chi connectivity index (χ1n) is 9.38. The third-order valence-electron chi connectivity index (χ3n) is 4.13. The first kappa shape index (κ1) is 22.2. The molecule has 0 aliphatic rings. The Kier molecular flexibility index (Phi) is 7.21. The molecular formula is C20H22F3N7O. The second-order valence-corrected chi connectivity index (χ2v) is 6.57. The van der Waals surface area contributed by atoms with E-state index in [9.17, 15) is 13.2 Å². The maximum absolute atomic E-state index is 12.5. The number of halogens is 3. The van der Waals surface area contributed by atoms with Crippen molar-refractivity contribution in [2.45, 2.75) is 25.8 Å². The van der Waals surface area contributed by atoms with Crippen LogP contribution < -0.4 is 26.8 Å². The van der Waals surface area contributed by atoms with Crippen LogP contribution in [-0.4, -0.2) is 27.7 Å². The molecule has 0 fully saturated rings. The summed E-state index contributed by atoms with van der Waals surface area (Å²) in [4.78, 5) is 12.1. The highest BCUT2D eigenvalue weighted by Gasteiger charge is 2.29. The van der Waals surface area contributed by atoms with Crippen molar-refractivity contribution in [1.82, 2.24) is 15.0 Å². The lowest BCUT2D eigenvalue weighted by molar-refractivity contribution is -0.154. The Hall–Kier alpha value is -3.44. The summed E-state index contributed by atoms with van der Waals surface area (Å²) in [7, 11) is 0. The van der Waals surface area contributed by atoms with E-state index in [1.54, 1.807) is 12.1 Å². The zero-order valence-corrected chi connectivity index (χ0v) is 16.5. The number of rotatable bonds is 9. The summed E-state index contributed by atoms with van der Waals surface area (Å²) >= 11 is 0. The molecule has 8 nitrogen and oxygen atoms in total. The maximum Gasteiger partial charge on any atom is 0.422 e. The summed E-state index contributed by atoms with van der Waals surface area (Å²) in [5.74, 6) is 0.102. The number of anilines is 3. The Morgan fingerprint density at radius 3 is 1.90 bits per heavy atom. The molecule has 1 aromatic heterocycles. The molecule has 0 bridgehead atoms. The van der Waals surface area contributed by atoms with Gasteiger partial charge in [-0.25, -0.2) is 0 Å². The lowest BCUT2D eigenvalue weighted by Crippen LogP contribution is -2.21. The van der Waals surface area contributed by atoms with E-state index in [0.717, 1.165) is 16.7 Å². The van der Waals surface area contributed by atoms with Crippen molar-refractivity contribution in [3.63, 3.8) is 0 Å². The summed E-state index contributed by atoms with van der Waals surface area (Å²) in [6.07, 6.45) is -4.52. The molecule has 0 saturated heterocycles. The number of hydrogen-bond acceptors (Lipinski definition) is 8. The van der Waals surface area contributed by atoms with Gasteiger partial charge in [-0.05, 0) is 28.8 Å². The van der Waals surface area contributed by atoms with Crippen LogP contribution in [0.2, 0.25) is 0 Å². The smallest absolute Gasteiger partial charge is 0.422 e. The number of hydrogen-bond donors (Lipinski definition) is 4. The Balaban J connectivity index is 1.77. The number of nitrogens with zero attached hydrogens (tertiary/aromatic N) is 3. The normalized spacial score (nSPS) is 11.3. The predicted molar refractivity (Wildman–Crippen MR) is 111 cm³/mol. The fraction of sp³-hybridized carbons (Fsp3) is 0.250. The molecule has 0 spiro atoms. The third-order valence-corrected chi connectivity index (χ3v) is 4.13. The summed E-state index contributed by atoms with van der Waals surface area (Å²) in [6.45, 7) is -0.343.